The van der Waals surface area contributed by atoms with Crippen molar-refractivity contribution in [1.29, 1.82) is 0 Å². The number of halogens is 1. The molecule has 1 heterocycles. The number of hydrogen-bond acceptors (Lipinski definition) is 3. The van der Waals surface area contributed by atoms with Crippen LogP contribution in [0.4, 0.5) is 5.82 Å². The smallest absolute Gasteiger partial charge is 0.128 e. The van der Waals surface area contributed by atoms with Gasteiger partial charge in [-0.05, 0) is 37.4 Å². The summed E-state index contributed by atoms with van der Waals surface area (Å²) in [7, 11) is 2.15. The van der Waals surface area contributed by atoms with Crippen molar-refractivity contribution in [3.63, 3.8) is 0 Å². The SMILES string of the molecule is CC(C)CNCc1nc(N(C)C2CCCC2)ccc1Cl. The summed E-state index contributed by atoms with van der Waals surface area (Å²) in [6, 6.07) is 4.65. The lowest BCUT2D eigenvalue weighted by Crippen LogP contribution is -2.30. The molecule has 1 N–H and O–H groups in total. The molecule has 0 unspecified atom stereocenters. The van der Waals surface area contributed by atoms with Crippen molar-refractivity contribution in [3.05, 3.63) is 22.8 Å². The van der Waals surface area contributed by atoms with Crippen molar-refractivity contribution in [1.82, 2.24) is 10.3 Å². The van der Waals surface area contributed by atoms with E-state index in [2.05, 4.69) is 31.1 Å². The number of hydrogen-bond donors (Lipinski definition) is 1. The summed E-state index contributed by atoms with van der Waals surface area (Å²) in [5.41, 5.74) is 0.953. The van der Waals surface area contributed by atoms with Gasteiger partial charge in [0.15, 0.2) is 0 Å². The molecule has 1 fully saturated rings. The van der Waals surface area contributed by atoms with E-state index < -0.39 is 0 Å². The van der Waals surface area contributed by atoms with Gasteiger partial charge >= 0.3 is 0 Å². The van der Waals surface area contributed by atoms with Crippen LogP contribution in [0, 0.1) is 5.92 Å². The Bertz CT molecular complexity index is 428. The van der Waals surface area contributed by atoms with Gasteiger partial charge in [-0.1, -0.05) is 38.3 Å². The third kappa shape index (κ3) is 4.10. The van der Waals surface area contributed by atoms with Gasteiger partial charge in [0.2, 0.25) is 0 Å². The Hall–Kier alpha value is -0.800. The number of aromatic nitrogens is 1. The number of nitrogens with one attached hydrogen (secondary N) is 1. The van der Waals surface area contributed by atoms with Crippen molar-refractivity contribution in [3.8, 4) is 0 Å². The van der Waals surface area contributed by atoms with Gasteiger partial charge in [-0.25, -0.2) is 4.98 Å². The standard InChI is InChI=1S/C16H26ClN3/c1-12(2)10-18-11-15-14(17)8-9-16(19-15)20(3)13-6-4-5-7-13/h8-9,12-13,18H,4-7,10-11H2,1-3H3. The summed E-state index contributed by atoms with van der Waals surface area (Å²) in [6.45, 7) is 6.13. The molecule has 1 aliphatic rings. The minimum Gasteiger partial charge on any atom is -0.357 e. The van der Waals surface area contributed by atoms with Gasteiger partial charge in [-0.2, -0.15) is 0 Å². The highest BCUT2D eigenvalue weighted by atomic mass is 35.5. The van der Waals surface area contributed by atoms with E-state index in [0.717, 1.165) is 29.6 Å². The highest BCUT2D eigenvalue weighted by molar-refractivity contribution is 6.31. The fourth-order valence-electron chi connectivity index (χ4n) is 2.75. The van der Waals surface area contributed by atoms with Gasteiger partial charge in [0.05, 0.1) is 10.7 Å². The Kier molecular flexibility index (Phi) is 5.67. The second-order valence-electron chi connectivity index (χ2n) is 6.17. The zero-order chi connectivity index (χ0) is 14.5. The molecule has 1 saturated carbocycles. The summed E-state index contributed by atoms with van der Waals surface area (Å²) in [5, 5.41) is 4.17. The van der Waals surface area contributed by atoms with Crippen LogP contribution in [0.3, 0.4) is 0 Å². The van der Waals surface area contributed by atoms with E-state index in [1.165, 1.54) is 25.7 Å². The van der Waals surface area contributed by atoms with E-state index in [1.807, 2.05) is 12.1 Å². The largest absolute Gasteiger partial charge is 0.357 e. The van der Waals surface area contributed by atoms with E-state index in [-0.39, 0.29) is 0 Å². The van der Waals surface area contributed by atoms with Crippen molar-refractivity contribution < 1.29 is 0 Å². The molecule has 112 valence electrons. The molecule has 0 saturated heterocycles. The van der Waals surface area contributed by atoms with Gasteiger partial charge in [-0.15, -0.1) is 0 Å². The minimum atomic E-state index is 0.637. The second-order valence-corrected chi connectivity index (χ2v) is 6.58. The van der Waals surface area contributed by atoms with E-state index >= 15 is 0 Å². The first kappa shape index (κ1) is 15.6. The minimum absolute atomic E-state index is 0.637. The van der Waals surface area contributed by atoms with Crippen LogP contribution in [0.25, 0.3) is 0 Å². The summed E-state index contributed by atoms with van der Waals surface area (Å²) in [5.74, 6) is 1.68. The molecule has 2 rings (SSSR count). The molecule has 1 aliphatic carbocycles. The van der Waals surface area contributed by atoms with Crippen LogP contribution in [0.1, 0.15) is 45.2 Å². The maximum atomic E-state index is 6.25. The van der Waals surface area contributed by atoms with Crippen molar-refractivity contribution in [2.45, 2.75) is 52.1 Å². The Morgan fingerprint density at radius 1 is 1.35 bits per heavy atom. The lowest BCUT2D eigenvalue weighted by Gasteiger charge is -2.26. The van der Waals surface area contributed by atoms with Gasteiger partial charge in [0, 0.05) is 19.6 Å². The number of pyridine rings is 1. The van der Waals surface area contributed by atoms with Crippen LogP contribution in [0.5, 0.6) is 0 Å². The first-order valence-corrected chi connectivity index (χ1v) is 8.04. The molecule has 0 aromatic carbocycles. The molecule has 4 heteroatoms. The Labute approximate surface area is 127 Å². The Balaban J connectivity index is 2.03. The molecule has 1 aromatic rings. The lowest BCUT2D eigenvalue weighted by molar-refractivity contribution is 0.547. The maximum absolute atomic E-state index is 6.25. The normalized spacial score (nSPS) is 16.1. The molecule has 0 aliphatic heterocycles. The molecular weight excluding hydrogens is 270 g/mol. The fraction of sp³-hybridized carbons (Fsp3) is 0.688. The Morgan fingerprint density at radius 2 is 2.05 bits per heavy atom. The summed E-state index contributed by atoms with van der Waals surface area (Å²) < 4.78 is 0. The lowest BCUT2D eigenvalue weighted by atomic mass is 10.2. The van der Waals surface area contributed by atoms with Crippen LogP contribution in [-0.4, -0.2) is 24.6 Å². The topological polar surface area (TPSA) is 28.2 Å². The highest BCUT2D eigenvalue weighted by Gasteiger charge is 2.21. The zero-order valence-corrected chi connectivity index (χ0v) is 13.6. The quantitative estimate of drug-likeness (QED) is 0.864. The molecule has 1 aromatic heterocycles. The molecule has 20 heavy (non-hydrogen) atoms. The molecule has 0 bridgehead atoms. The molecular formula is C16H26ClN3. The Morgan fingerprint density at radius 3 is 2.70 bits per heavy atom. The van der Waals surface area contributed by atoms with Crippen molar-refractivity contribution >= 4 is 17.4 Å². The number of nitrogens with zero attached hydrogens (tertiary/aromatic N) is 2. The third-order valence-electron chi connectivity index (χ3n) is 3.98. The first-order chi connectivity index (χ1) is 9.58. The molecule has 3 nitrogen and oxygen atoms in total. The second kappa shape index (κ2) is 7.28. The summed E-state index contributed by atoms with van der Waals surface area (Å²) >= 11 is 6.25. The van der Waals surface area contributed by atoms with E-state index in [4.69, 9.17) is 16.6 Å². The predicted octanol–water partition coefficient (Wildman–Crippen LogP) is 3.86. The predicted molar refractivity (Wildman–Crippen MR) is 86.5 cm³/mol. The third-order valence-corrected chi connectivity index (χ3v) is 4.33. The van der Waals surface area contributed by atoms with E-state index in [0.29, 0.717) is 12.0 Å². The maximum Gasteiger partial charge on any atom is 0.128 e. The van der Waals surface area contributed by atoms with Gasteiger partial charge in [0.25, 0.3) is 0 Å². The molecule has 0 radical (unpaired) electrons. The van der Waals surface area contributed by atoms with Gasteiger partial charge in [-0.3, -0.25) is 0 Å². The summed E-state index contributed by atoms with van der Waals surface area (Å²) in [4.78, 5) is 7.06. The van der Waals surface area contributed by atoms with Gasteiger partial charge in [0.1, 0.15) is 5.82 Å². The van der Waals surface area contributed by atoms with Gasteiger partial charge < -0.3 is 10.2 Å². The zero-order valence-electron chi connectivity index (χ0n) is 12.8. The molecule has 0 spiro atoms. The van der Waals surface area contributed by atoms with Crippen LogP contribution in [-0.2, 0) is 6.54 Å². The average Bonchev–Trinajstić information content (AvgIpc) is 2.93. The first-order valence-electron chi connectivity index (χ1n) is 7.67. The monoisotopic (exact) mass is 295 g/mol. The number of rotatable bonds is 6. The van der Waals surface area contributed by atoms with Crippen molar-refractivity contribution in [2.24, 2.45) is 5.92 Å². The summed E-state index contributed by atoms with van der Waals surface area (Å²) in [6.07, 6.45) is 5.24. The van der Waals surface area contributed by atoms with Crippen LogP contribution in [0.2, 0.25) is 5.02 Å². The van der Waals surface area contributed by atoms with Crippen LogP contribution < -0.4 is 10.2 Å². The van der Waals surface area contributed by atoms with Crippen LogP contribution >= 0.6 is 11.6 Å². The van der Waals surface area contributed by atoms with Crippen molar-refractivity contribution in [2.75, 3.05) is 18.5 Å². The van der Waals surface area contributed by atoms with E-state index in [1.54, 1.807) is 0 Å². The fourth-order valence-corrected chi connectivity index (χ4v) is 2.92. The molecule has 0 amide bonds. The highest BCUT2D eigenvalue weighted by Crippen LogP contribution is 2.27. The molecule has 0 atom stereocenters. The van der Waals surface area contributed by atoms with Crippen LogP contribution in [0.15, 0.2) is 12.1 Å². The number of anilines is 1. The van der Waals surface area contributed by atoms with E-state index in [9.17, 15) is 0 Å². The average molecular weight is 296 g/mol.